The van der Waals surface area contributed by atoms with E-state index in [4.69, 9.17) is 0 Å². The fraction of sp³-hybridized carbons (Fsp3) is 0.133. The van der Waals surface area contributed by atoms with Gasteiger partial charge in [-0.15, -0.1) is 0 Å². The minimum absolute atomic E-state index is 0.0493. The van der Waals surface area contributed by atoms with Gasteiger partial charge in [-0.1, -0.05) is 15.9 Å². The Morgan fingerprint density at radius 3 is 2.57 bits per heavy atom. The van der Waals surface area contributed by atoms with Crippen LogP contribution in [-0.4, -0.2) is 22.0 Å². The van der Waals surface area contributed by atoms with Crippen molar-refractivity contribution in [3.8, 4) is 11.4 Å². The van der Waals surface area contributed by atoms with Gasteiger partial charge in [-0.25, -0.2) is 9.97 Å². The molecule has 2 aromatic heterocycles. The number of alkyl halides is 3. The topological polar surface area (TPSA) is 50.7 Å². The van der Waals surface area contributed by atoms with Crippen molar-refractivity contribution in [2.24, 2.45) is 0 Å². The Labute approximate surface area is 137 Å². The first kappa shape index (κ1) is 15.7. The Bertz CT molecular complexity index is 866. The molecule has 0 unspecified atom stereocenters. The van der Waals surface area contributed by atoms with Gasteiger partial charge in [-0.05, 0) is 24.3 Å². The van der Waals surface area contributed by atoms with Crippen molar-refractivity contribution in [2.45, 2.75) is 6.18 Å². The predicted octanol–water partition coefficient (Wildman–Crippen LogP) is 4.51. The van der Waals surface area contributed by atoms with E-state index in [2.05, 4.69) is 36.2 Å². The van der Waals surface area contributed by atoms with Crippen molar-refractivity contribution in [3.63, 3.8) is 0 Å². The highest BCUT2D eigenvalue weighted by molar-refractivity contribution is 9.10. The van der Waals surface area contributed by atoms with Gasteiger partial charge in [0.15, 0.2) is 5.82 Å². The summed E-state index contributed by atoms with van der Waals surface area (Å²) < 4.78 is 39.2. The summed E-state index contributed by atoms with van der Waals surface area (Å²) in [7, 11) is 1.65. The Morgan fingerprint density at radius 2 is 1.96 bits per heavy atom. The van der Waals surface area contributed by atoms with Gasteiger partial charge in [0.1, 0.15) is 5.82 Å². The van der Waals surface area contributed by atoms with Crippen LogP contribution in [-0.2, 0) is 6.18 Å². The molecule has 3 rings (SSSR count). The molecule has 1 N–H and O–H groups in total. The second kappa shape index (κ2) is 5.77. The first-order valence-corrected chi connectivity index (χ1v) is 7.36. The zero-order valence-corrected chi connectivity index (χ0v) is 13.4. The first-order chi connectivity index (χ1) is 10.9. The van der Waals surface area contributed by atoms with Crippen LogP contribution in [0, 0.1) is 0 Å². The van der Waals surface area contributed by atoms with Crippen LogP contribution in [0.4, 0.5) is 19.0 Å². The van der Waals surface area contributed by atoms with E-state index in [0.29, 0.717) is 22.6 Å². The summed E-state index contributed by atoms with van der Waals surface area (Å²) in [5.74, 6) is 0.758. The average molecular weight is 383 g/mol. The van der Waals surface area contributed by atoms with Crippen molar-refractivity contribution in [2.75, 3.05) is 12.4 Å². The highest BCUT2D eigenvalue weighted by Crippen LogP contribution is 2.38. The van der Waals surface area contributed by atoms with Crippen molar-refractivity contribution >= 4 is 32.7 Å². The quantitative estimate of drug-likeness (QED) is 0.707. The summed E-state index contributed by atoms with van der Waals surface area (Å²) >= 11 is 2.97. The number of halogens is 4. The van der Waals surface area contributed by atoms with E-state index in [9.17, 15) is 13.2 Å². The molecule has 0 aliphatic heterocycles. The molecule has 0 spiro atoms. The van der Waals surface area contributed by atoms with Gasteiger partial charge in [0.25, 0.3) is 0 Å². The molecule has 0 fully saturated rings. The van der Waals surface area contributed by atoms with Gasteiger partial charge in [0.2, 0.25) is 0 Å². The molecule has 0 saturated carbocycles. The molecule has 3 aromatic rings. The highest BCUT2D eigenvalue weighted by atomic mass is 79.9. The fourth-order valence-corrected chi connectivity index (χ4v) is 2.75. The van der Waals surface area contributed by atoms with Gasteiger partial charge >= 0.3 is 6.18 Å². The number of benzene rings is 1. The monoisotopic (exact) mass is 382 g/mol. The van der Waals surface area contributed by atoms with E-state index in [0.717, 1.165) is 6.07 Å². The van der Waals surface area contributed by atoms with E-state index in [1.807, 2.05) is 0 Å². The Morgan fingerprint density at radius 1 is 1.17 bits per heavy atom. The van der Waals surface area contributed by atoms with Gasteiger partial charge in [0.05, 0.1) is 11.1 Å². The maximum Gasteiger partial charge on any atom is 0.417 e. The van der Waals surface area contributed by atoms with Gasteiger partial charge in [-0.3, -0.25) is 4.98 Å². The molecule has 2 heterocycles. The lowest BCUT2D eigenvalue weighted by Crippen LogP contribution is -2.07. The van der Waals surface area contributed by atoms with Gasteiger partial charge < -0.3 is 5.32 Å². The van der Waals surface area contributed by atoms with Crippen molar-refractivity contribution in [1.82, 2.24) is 15.0 Å². The number of nitrogens with one attached hydrogen (secondary N) is 1. The molecule has 0 atom stereocenters. The van der Waals surface area contributed by atoms with Crippen LogP contribution in [0.5, 0.6) is 0 Å². The highest BCUT2D eigenvalue weighted by Gasteiger charge is 2.33. The number of anilines is 1. The molecule has 0 radical (unpaired) electrons. The lowest BCUT2D eigenvalue weighted by Gasteiger charge is -2.13. The standard InChI is InChI=1S/C15H10BrF3N4/c1-20-14-9-5-11(16)10(15(17,18)19)6-12(9)22-13(23-14)8-3-2-4-21-7-8/h2-7H,1H3,(H,20,22,23). The normalized spacial score (nSPS) is 11.7. The zero-order valence-electron chi connectivity index (χ0n) is 11.8. The van der Waals surface area contributed by atoms with E-state index >= 15 is 0 Å². The molecule has 4 nitrogen and oxygen atoms in total. The number of rotatable bonds is 2. The molecule has 0 bridgehead atoms. The van der Waals surface area contributed by atoms with Crippen LogP contribution in [0.1, 0.15) is 5.56 Å². The molecule has 23 heavy (non-hydrogen) atoms. The van der Waals surface area contributed by atoms with E-state index in [1.54, 1.807) is 31.6 Å². The van der Waals surface area contributed by atoms with Crippen molar-refractivity contribution in [3.05, 3.63) is 46.7 Å². The molecular formula is C15H10BrF3N4. The largest absolute Gasteiger partial charge is 0.417 e. The summed E-state index contributed by atoms with van der Waals surface area (Å²) in [6, 6.07) is 5.85. The third kappa shape index (κ3) is 2.98. The molecule has 0 aliphatic carbocycles. The predicted molar refractivity (Wildman–Crippen MR) is 85.0 cm³/mol. The number of nitrogens with zero attached hydrogens (tertiary/aromatic N) is 3. The van der Waals surface area contributed by atoms with Crippen molar-refractivity contribution in [1.29, 1.82) is 0 Å². The number of pyridine rings is 1. The minimum Gasteiger partial charge on any atom is -0.373 e. The van der Waals surface area contributed by atoms with E-state index in [1.165, 1.54) is 6.07 Å². The lowest BCUT2D eigenvalue weighted by atomic mass is 10.1. The Kier molecular flexibility index (Phi) is 3.93. The molecule has 118 valence electrons. The second-order valence-electron chi connectivity index (χ2n) is 4.73. The van der Waals surface area contributed by atoms with Crippen LogP contribution >= 0.6 is 15.9 Å². The third-order valence-electron chi connectivity index (χ3n) is 3.25. The van der Waals surface area contributed by atoms with Crippen LogP contribution in [0.3, 0.4) is 0 Å². The van der Waals surface area contributed by atoms with Gasteiger partial charge in [0, 0.05) is 34.9 Å². The number of hydrogen-bond acceptors (Lipinski definition) is 4. The van der Waals surface area contributed by atoms with E-state index in [-0.39, 0.29) is 9.99 Å². The number of fused-ring (bicyclic) bond motifs is 1. The third-order valence-corrected chi connectivity index (χ3v) is 3.90. The fourth-order valence-electron chi connectivity index (χ4n) is 2.18. The zero-order chi connectivity index (χ0) is 16.6. The summed E-state index contributed by atoms with van der Waals surface area (Å²) in [6.07, 6.45) is -1.31. The van der Waals surface area contributed by atoms with Crippen LogP contribution in [0.15, 0.2) is 41.1 Å². The van der Waals surface area contributed by atoms with Crippen LogP contribution in [0.2, 0.25) is 0 Å². The average Bonchev–Trinajstić information content (AvgIpc) is 2.53. The molecule has 1 aromatic carbocycles. The van der Waals surface area contributed by atoms with Crippen molar-refractivity contribution < 1.29 is 13.2 Å². The Hall–Kier alpha value is -2.22. The SMILES string of the molecule is CNc1nc(-c2cccnc2)nc2cc(C(F)(F)F)c(Br)cc12. The number of aromatic nitrogens is 3. The lowest BCUT2D eigenvalue weighted by molar-refractivity contribution is -0.138. The summed E-state index contributed by atoms with van der Waals surface area (Å²) in [5, 5.41) is 3.39. The maximum absolute atomic E-state index is 13.1. The summed E-state index contributed by atoms with van der Waals surface area (Å²) in [6.45, 7) is 0. The second-order valence-corrected chi connectivity index (χ2v) is 5.59. The van der Waals surface area contributed by atoms with E-state index < -0.39 is 11.7 Å². The minimum atomic E-state index is -4.47. The Balaban J connectivity index is 2.29. The van der Waals surface area contributed by atoms with Gasteiger partial charge in [-0.2, -0.15) is 13.2 Å². The maximum atomic E-state index is 13.1. The van der Waals surface area contributed by atoms with Crippen LogP contribution < -0.4 is 5.32 Å². The van der Waals surface area contributed by atoms with Crippen LogP contribution in [0.25, 0.3) is 22.3 Å². The summed E-state index contributed by atoms with van der Waals surface area (Å²) in [5.41, 5.74) is 0.0593. The number of hydrogen-bond donors (Lipinski definition) is 1. The molecule has 0 aliphatic rings. The molecule has 8 heteroatoms. The molecule has 0 amide bonds. The molecular weight excluding hydrogens is 373 g/mol. The first-order valence-electron chi connectivity index (χ1n) is 6.57. The molecule has 0 saturated heterocycles. The summed E-state index contributed by atoms with van der Waals surface area (Å²) in [4.78, 5) is 12.6. The smallest absolute Gasteiger partial charge is 0.373 e.